The second-order valence-corrected chi connectivity index (χ2v) is 4.56. The van der Waals surface area contributed by atoms with Gasteiger partial charge in [0.05, 0.1) is 18.3 Å². The van der Waals surface area contributed by atoms with Gasteiger partial charge in [-0.05, 0) is 12.5 Å². The molecule has 1 aromatic heterocycles. The van der Waals surface area contributed by atoms with Crippen LogP contribution in [0.4, 0.5) is 10.5 Å². The highest BCUT2D eigenvalue weighted by molar-refractivity contribution is 6.01. The molecular formula is C14H19N3O2. The lowest BCUT2D eigenvalue weighted by atomic mass is 10.2. The number of hydrogen-bond donors (Lipinski definition) is 3. The maximum atomic E-state index is 11.9. The zero-order valence-corrected chi connectivity index (χ0v) is 11.2. The van der Waals surface area contributed by atoms with Crippen molar-refractivity contribution in [1.82, 2.24) is 9.88 Å². The number of carbonyl (C=O) groups is 1. The van der Waals surface area contributed by atoms with E-state index in [0.29, 0.717) is 6.42 Å². The topological polar surface area (TPSA) is 66.3 Å². The molecule has 2 rings (SSSR count). The van der Waals surface area contributed by atoms with E-state index in [4.69, 9.17) is 5.11 Å². The Balaban J connectivity index is 2.15. The van der Waals surface area contributed by atoms with Crippen molar-refractivity contribution in [3.05, 3.63) is 30.5 Å². The van der Waals surface area contributed by atoms with Crippen LogP contribution in [0.2, 0.25) is 0 Å². The molecule has 0 fully saturated rings. The summed E-state index contributed by atoms with van der Waals surface area (Å²) in [5.41, 5.74) is 1.83. The van der Waals surface area contributed by atoms with Gasteiger partial charge >= 0.3 is 6.03 Å². The molecule has 5 nitrogen and oxygen atoms in total. The molecule has 0 aliphatic carbocycles. The SMILES string of the molecule is CC[C@H](CO)NC(=O)Nc1cn(C)c2ccccc12. The summed E-state index contributed by atoms with van der Waals surface area (Å²) in [6.07, 6.45) is 2.57. The van der Waals surface area contributed by atoms with Gasteiger partial charge in [-0.1, -0.05) is 25.1 Å². The Morgan fingerprint density at radius 2 is 2.16 bits per heavy atom. The minimum absolute atomic E-state index is 0.0561. The Bertz CT molecular complexity index is 573. The van der Waals surface area contributed by atoms with Crippen molar-refractivity contribution in [2.24, 2.45) is 7.05 Å². The Hall–Kier alpha value is -2.01. The number of fused-ring (bicyclic) bond motifs is 1. The van der Waals surface area contributed by atoms with E-state index in [0.717, 1.165) is 16.6 Å². The van der Waals surface area contributed by atoms with Gasteiger partial charge in [-0.25, -0.2) is 4.79 Å². The van der Waals surface area contributed by atoms with E-state index in [1.807, 2.05) is 49.0 Å². The lowest BCUT2D eigenvalue weighted by Crippen LogP contribution is -2.39. The molecule has 0 unspecified atom stereocenters. The van der Waals surface area contributed by atoms with Crippen LogP contribution >= 0.6 is 0 Å². The van der Waals surface area contributed by atoms with E-state index in [1.54, 1.807) is 0 Å². The molecule has 2 amide bonds. The zero-order valence-electron chi connectivity index (χ0n) is 11.2. The van der Waals surface area contributed by atoms with Crippen LogP contribution in [0.5, 0.6) is 0 Å². The average Bonchev–Trinajstić information content (AvgIpc) is 2.73. The van der Waals surface area contributed by atoms with Crippen molar-refractivity contribution in [2.45, 2.75) is 19.4 Å². The van der Waals surface area contributed by atoms with Gasteiger partial charge in [0, 0.05) is 24.1 Å². The summed E-state index contributed by atoms with van der Waals surface area (Å²) in [6, 6.07) is 7.36. The number of benzene rings is 1. The highest BCUT2D eigenvalue weighted by atomic mass is 16.3. The summed E-state index contributed by atoms with van der Waals surface area (Å²) >= 11 is 0. The Morgan fingerprint density at radius 1 is 1.42 bits per heavy atom. The number of anilines is 1. The number of aliphatic hydroxyl groups is 1. The molecule has 0 radical (unpaired) electrons. The van der Waals surface area contributed by atoms with E-state index in [1.165, 1.54) is 0 Å². The minimum Gasteiger partial charge on any atom is -0.394 e. The monoisotopic (exact) mass is 261 g/mol. The van der Waals surface area contributed by atoms with E-state index in [2.05, 4.69) is 10.6 Å². The number of aryl methyl sites for hydroxylation is 1. The highest BCUT2D eigenvalue weighted by Crippen LogP contribution is 2.24. The van der Waals surface area contributed by atoms with Crippen LogP contribution in [0.15, 0.2) is 30.5 Å². The molecule has 1 atom stereocenters. The molecule has 0 aliphatic heterocycles. The third-order valence-electron chi connectivity index (χ3n) is 3.19. The Labute approximate surface area is 112 Å². The van der Waals surface area contributed by atoms with E-state index < -0.39 is 0 Å². The predicted molar refractivity (Wildman–Crippen MR) is 76.2 cm³/mol. The molecule has 1 aromatic carbocycles. The van der Waals surface area contributed by atoms with E-state index >= 15 is 0 Å². The quantitative estimate of drug-likeness (QED) is 0.788. The van der Waals surface area contributed by atoms with Gasteiger partial charge in [0.25, 0.3) is 0 Å². The summed E-state index contributed by atoms with van der Waals surface area (Å²) in [7, 11) is 1.94. The van der Waals surface area contributed by atoms with Crippen molar-refractivity contribution in [1.29, 1.82) is 0 Å². The van der Waals surface area contributed by atoms with Crippen LogP contribution in [-0.4, -0.2) is 28.4 Å². The first-order chi connectivity index (χ1) is 9.15. The van der Waals surface area contributed by atoms with Gasteiger partial charge < -0.3 is 20.3 Å². The summed E-state index contributed by atoms with van der Waals surface area (Å²) in [6.45, 7) is 1.86. The highest BCUT2D eigenvalue weighted by Gasteiger charge is 2.12. The van der Waals surface area contributed by atoms with Gasteiger partial charge in [-0.2, -0.15) is 0 Å². The summed E-state index contributed by atoms with van der Waals surface area (Å²) in [5, 5.41) is 15.6. The lowest BCUT2D eigenvalue weighted by molar-refractivity contribution is 0.222. The normalized spacial score (nSPS) is 12.4. The summed E-state index contributed by atoms with van der Waals surface area (Å²) in [4.78, 5) is 11.9. The number of urea groups is 1. The average molecular weight is 261 g/mol. The van der Waals surface area contributed by atoms with Crippen molar-refractivity contribution >= 4 is 22.6 Å². The van der Waals surface area contributed by atoms with Crippen molar-refractivity contribution in [3.8, 4) is 0 Å². The number of nitrogens with one attached hydrogen (secondary N) is 2. The number of amides is 2. The number of para-hydroxylation sites is 1. The standard InChI is InChI=1S/C14H19N3O2/c1-3-10(9-18)15-14(19)16-12-8-17(2)13-7-5-4-6-11(12)13/h4-8,10,18H,3,9H2,1-2H3,(H2,15,16,19)/t10-/m1/s1. The van der Waals surface area contributed by atoms with Crippen LogP contribution < -0.4 is 10.6 Å². The molecule has 0 saturated carbocycles. The summed E-state index contributed by atoms with van der Waals surface area (Å²) in [5.74, 6) is 0. The summed E-state index contributed by atoms with van der Waals surface area (Å²) < 4.78 is 1.97. The number of hydrogen-bond acceptors (Lipinski definition) is 2. The first-order valence-electron chi connectivity index (χ1n) is 6.38. The van der Waals surface area contributed by atoms with Gasteiger partial charge in [0.2, 0.25) is 0 Å². The van der Waals surface area contributed by atoms with Crippen molar-refractivity contribution in [2.75, 3.05) is 11.9 Å². The smallest absolute Gasteiger partial charge is 0.319 e. The first kappa shape index (κ1) is 13.4. The number of nitrogens with zero attached hydrogens (tertiary/aromatic N) is 1. The third-order valence-corrected chi connectivity index (χ3v) is 3.19. The van der Waals surface area contributed by atoms with Crippen LogP contribution in [-0.2, 0) is 7.05 Å². The molecule has 0 bridgehead atoms. The first-order valence-corrected chi connectivity index (χ1v) is 6.38. The van der Waals surface area contributed by atoms with Crippen molar-refractivity contribution < 1.29 is 9.90 Å². The number of aliphatic hydroxyl groups excluding tert-OH is 1. The maximum absolute atomic E-state index is 11.9. The lowest BCUT2D eigenvalue weighted by Gasteiger charge is -2.14. The molecule has 3 N–H and O–H groups in total. The second-order valence-electron chi connectivity index (χ2n) is 4.56. The molecule has 0 saturated heterocycles. The largest absolute Gasteiger partial charge is 0.394 e. The fourth-order valence-corrected chi connectivity index (χ4v) is 2.06. The molecule has 2 aromatic rings. The van der Waals surface area contributed by atoms with Gasteiger partial charge in [-0.3, -0.25) is 0 Å². The van der Waals surface area contributed by atoms with Crippen molar-refractivity contribution in [3.63, 3.8) is 0 Å². The number of rotatable bonds is 4. The van der Waals surface area contributed by atoms with E-state index in [9.17, 15) is 4.79 Å². The maximum Gasteiger partial charge on any atom is 0.319 e. The molecule has 0 aliphatic rings. The van der Waals surface area contributed by atoms with Crippen LogP contribution in [0.1, 0.15) is 13.3 Å². The zero-order chi connectivity index (χ0) is 13.8. The molecule has 0 spiro atoms. The molecule has 102 valence electrons. The van der Waals surface area contributed by atoms with Crippen LogP contribution in [0, 0.1) is 0 Å². The fraction of sp³-hybridized carbons (Fsp3) is 0.357. The fourth-order valence-electron chi connectivity index (χ4n) is 2.06. The molecular weight excluding hydrogens is 242 g/mol. The minimum atomic E-state index is -0.294. The van der Waals surface area contributed by atoms with E-state index in [-0.39, 0.29) is 18.7 Å². The Kier molecular flexibility index (Phi) is 4.06. The molecule has 5 heteroatoms. The number of aromatic nitrogens is 1. The van der Waals surface area contributed by atoms with Gasteiger partial charge in [0.15, 0.2) is 0 Å². The predicted octanol–water partition coefficient (Wildman–Crippen LogP) is 2.07. The third kappa shape index (κ3) is 2.88. The molecule has 19 heavy (non-hydrogen) atoms. The number of carbonyl (C=O) groups excluding carboxylic acids is 1. The van der Waals surface area contributed by atoms with Gasteiger partial charge in [0.1, 0.15) is 0 Å². The van der Waals surface area contributed by atoms with Gasteiger partial charge in [-0.15, -0.1) is 0 Å². The molecule has 1 heterocycles. The van der Waals surface area contributed by atoms with Crippen LogP contribution in [0.3, 0.4) is 0 Å². The Morgan fingerprint density at radius 3 is 2.84 bits per heavy atom. The van der Waals surface area contributed by atoms with Crippen LogP contribution in [0.25, 0.3) is 10.9 Å². The second kappa shape index (κ2) is 5.75.